The maximum atomic E-state index is 11.7. The van der Waals surface area contributed by atoms with Gasteiger partial charge in [0.15, 0.2) is 11.5 Å². The topological polar surface area (TPSA) is 56.3 Å². The number of ketones is 1. The lowest BCUT2D eigenvalue weighted by Gasteiger charge is -2.26. The van der Waals surface area contributed by atoms with Gasteiger partial charge in [-0.15, -0.1) is 11.3 Å². The van der Waals surface area contributed by atoms with Crippen molar-refractivity contribution in [1.29, 1.82) is 0 Å². The molecule has 21 heavy (non-hydrogen) atoms. The summed E-state index contributed by atoms with van der Waals surface area (Å²) in [5.74, 6) is 0.597. The van der Waals surface area contributed by atoms with E-state index in [1.807, 2.05) is 0 Å². The molecule has 1 aromatic rings. The van der Waals surface area contributed by atoms with Crippen molar-refractivity contribution in [1.82, 2.24) is 4.98 Å². The van der Waals surface area contributed by atoms with E-state index in [1.165, 1.54) is 51.1 Å². The monoisotopic (exact) mass is 309 g/mol. The number of Topliss-reactive ketones (excluding diaryl/α,β-unsaturated/α-hetero) is 1. The van der Waals surface area contributed by atoms with Crippen LogP contribution in [0.15, 0.2) is 0 Å². The van der Waals surface area contributed by atoms with E-state index < -0.39 is 5.97 Å². The van der Waals surface area contributed by atoms with E-state index in [0.717, 1.165) is 23.8 Å². The van der Waals surface area contributed by atoms with Crippen molar-refractivity contribution in [2.75, 3.05) is 7.11 Å². The van der Waals surface area contributed by atoms with Gasteiger partial charge in [-0.3, -0.25) is 4.79 Å². The fourth-order valence-corrected chi connectivity index (χ4v) is 4.21. The van der Waals surface area contributed by atoms with Crippen LogP contribution in [0, 0.1) is 5.92 Å². The van der Waals surface area contributed by atoms with Crippen molar-refractivity contribution in [2.45, 2.75) is 58.3 Å². The lowest BCUT2D eigenvalue weighted by atomic mass is 9.80. The van der Waals surface area contributed by atoms with Gasteiger partial charge in [-0.1, -0.05) is 19.8 Å². The predicted molar refractivity (Wildman–Crippen MR) is 83.1 cm³/mol. The molecule has 116 valence electrons. The Morgan fingerprint density at radius 1 is 1.29 bits per heavy atom. The number of methoxy groups -OCH3 is 1. The largest absolute Gasteiger partial charge is 0.464 e. The van der Waals surface area contributed by atoms with Crippen LogP contribution in [0.25, 0.3) is 0 Å². The maximum absolute atomic E-state index is 11.7. The smallest absolute Gasteiger partial charge is 0.358 e. The average molecular weight is 309 g/mol. The standard InChI is InChI=1S/C16H23NO3S/c1-4-5-11-6-8-12(9-7-11)15-17-13(16(19)20-3)14(21-15)10(2)18/h11-12H,4-9H2,1-3H3. The third kappa shape index (κ3) is 3.70. The first-order chi connectivity index (χ1) is 10.1. The molecule has 5 heteroatoms. The fourth-order valence-electron chi connectivity index (χ4n) is 3.09. The zero-order valence-corrected chi connectivity index (χ0v) is 13.8. The summed E-state index contributed by atoms with van der Waals surface area (Å²) in [7, 11) is 1.32. The van der Waals surface area contributed by atoms with E-state index in [-0.39, 0.29) is 11.5 Å². The van der Waals surface area contributed by atoms with Gasteiger partial charge in [0.05, 0.1) is 12.1 Å². The fraction of sp³-hybridized carbons (Fsp3) is 0.688. The molecule has 0 radical (unpaired) electrons. The van der Waals surface area contributed by atoms with E-state index in [9.17, 15) is 9.59 Å². The van der Waals surface area contributed by atoms with Gasteiger partial charge in [0, 0.05) is 12.8 Å². The van der Waals surface area contributed by atoms with E-state index in [4.69, 9.17) is 4.74 Å². The molecule has 0 aliphatic heterocycles. The van der Waals surface area contributed by atoms with E-state index in [0.29, 0.717) is 10.8 Å². The number of carbonyl (C=O) groups is 2. The van der Waals surface area contributed by atoms with Crippen molar-refractivity contribution >= 4 is 23.1 Å². The summed E-state index contributed by atoms with van der Waals surface area (Å²) in [6.45, 7) is 3.70. The Bertz CT molecular complexity index is 516. The number of ether oxygens (including phenoxy) is 1. The third-order valence-electron chi connectivity index (χ3n) is 4.24. The zero-order chi connectivity index (χ0) is 15.4. The van der Waals surface area contributed by atoms with Crippen LogP contribution in [0.4, 0.5) is 0 Å². The van der Waals surface area contributed by atoms with Crippen molar-refractivity contribution in [3.8, 4) is 0 Å². The molecule has 0 bridgehead atoms. The first-order valence-corrected chi connectivity index (χ1v) is 8.48. The third-order valence-corrected chi connectivity index (χ3v) is 5.55. The van der Waals surface area contributed by atoms with Crippen LogP contribution in [-0.4, -0.2) is 23.8 Å². The summed E-state index contributed by atoms with van der Waals surface area (Å²) in [5, 5.41) is 0.926. The molecule has 1 fully saturated rings. The molecular formula is C16H23NO3S. The van der Waals surface area contributed by atoms with Crippen LogP contribution in [0.5, 0.6) is 0 Å². The van der Waals surface area contributed by atoms with Gasteiger partial charge in [-0.05, 0) is 31.6 Å². The van der Waals surface area contributed by atoms with Crippen molar-refractivity contribution in [2.24, 2.45) is 5.92 Å². The number of thiazole rings is 1. The van der Waals surface area contributed by atoms with E-state index in [1.54, 1.807) is 0 Å². The summed E-state index contributed by atoms with van der Waals surface area (Å²) in [4.78, 5) is 28.3. The molecule has 1 aliphatic rings. The Kier molecular flexibility index (Phi) is 5.51. The molecule has 1 heterocycles. The highest BCUT2D eigenvalue weighted by molar-refractivity contribution is 7.14. The van der Waals surface area contributed by atoms with Gasteiger partial charge in [0.2, 0.25) is 0 Å². The second-order valence-corrected chi connectivity index (χ2v) is 6.81. The summed E-state index contributed by atoms with van der Waals surface area (Å²) >= 11 is 1.37. The van der Waals surface area contributed by atoms with E-state index in [2.05, 4.69) is 11.9 Å². The Morgan fingerprint density at radius 2 is 1.95 bits per heavy atom. The maximum Gasteiger partial charge on any atom is 0.358 e. The SMILES string of the molecule is CCCC1CCC(c2nc(C(=O)OC)c(C(C)=O)s2)CC1. The van der Waals surface area contributed by atoms with Gasteiger partial charge >= 0.3 is 5.97 Å². The number of aromatic nitrogens is 1. The minimum atomic E-state index is -0.512. The highest BCUT2D eigenvalue weighted by Crippen LogP contribution is 2.39. The highest BCUT2D eigenvalue weighted by Gasteiger charge is 2.28. The number of nitrogens with zero attached hydrogens (tertiary/aromatic N) is 1. The van der Waals surface area contributed by atoms with Gasteiger partial charge in [0.1, 0.15) is 4.88 Å². The quantitative estimate of drug-likeness (QED) is 0.604. The molecule has 0 spiro atoms. The summed E-state index contributed by atoms with van der Waals surface area (Å²) in [6, 6.07) is 0. The highest BCUT2D eigenvalue weighted by atomic mass is 32.1. The molecule has 0 saturated heterocycles. The number of esters is 1. The van der Waals surface area contributed by atoms with Crippen LogP contribution in [0.1, 0.15) is 83.5 Å². The normalized spacial score (nSPS) is 22.0. The lowest BCUT2D eigenvalue weighted by Crippen LogP contribution is -2.13. The first kappa shape index (κ1) is 16.1. The van der Waals surface area contributed by atoms with Crippen LogP contribution in [0.3, 0.4) is 0 Å². The Labute approximate surface area is 129 Å². The van der Waals surface area contributed by atoms with Gasteiger partial charge in [0.25, 0.3) is 0 Å². The molecular weight excluding hydrogens is 286 g/mol. The number of hydrogen-bond acceptors (Lipinski definition) is 5. The second kappa shape index (κ2) is 7.16. The molecule has 1 aromatic heterocycles. The van der Waals surface area contributed by atoms with Crippen molar-refractivity contribution in [3.05, 3.63) is 15.6 Å². The summed E-state index contributed by atoms with van der Waals surface area (Å²) in [6.07, 6.45) is 7.21. The minimum Gasteiger partial charge on any atom is -0.464 e. The second-order valence-electron chi connectivity index (χ2n) is 5.78. The predicted octanol–water partition coefficient (Wildman–Crippen LogP) is 4.21. The van der Waals surface area contributed by atoms with Crippen molar-refractivity contribution in [3.63, 3.8) is 0 Å². The van der Waals surface area contributed by atoms with Crippen LogP contribution >= 0.6 is 11.3 Å². The molecule has 0 atom stereocenters. The van der Waals surface area contributed by atoms with Gasteiger partial charge < -0.3 is 4.74 Å². The van der Waals surface area contributed by atoms with Crippen molar-refractivity contribution < 1.29 is 14.3 Å². The molecule has 2 rings (SSSR count). The Balaban J connectivity index is 2.14. The molecule has 1 aliphatic carbocycles. The van der Waals surface area contributed by atoms with Crippen LogP contribution in [-0.2, 0) is 4.74 Å². The minimum absolute atomic E-state index is 0.112. The molecule has 4 nitrogen and oxygen atoms in total. The van der Waals surface area contributed by atoms with Crippen LogP contribution in [0.2, 0.25) is 0 Å². The van der Waals surface area contributed by atoms with Gasteiger partial charge in [-0.2, -0.15) is 0 Å². The zero-order valence-electron chi connectivity index (χ0n) is 13.0. The first-order valence-electron chi connectivity index (χ1n) is 7.66. The summed E-state index contributed by atoms with van der Waals surface area (Å²) in [5.41, 5.74) is 0.195. The Morgan fingerprint density at radius 3 is 2.48 bits per heavy atom. The van der Waals surface area contributed by atoms with E-state index >= 15 is 0 Å². The number of hydrogen-bond donors (Lipinski definition) is 0. The molecule has 1 saturated carbocycles. The molecule has 0 unspecified atom stereocenters. The van der Waals surface area contributed by atoms with Gasteiger partial charge in [-0.25, -0.2) is 9.78 Å². The summed E-state index contributed by atoms with van der Waals surface area (Å²) < 4.78 is 4.73. The lowest BCUT2D eigenvalue weighted by molar-refractivity contribution is 0.0591. The number of rotatable bonds is 5. The number of carbonyl (C=O) groups excluding carboxylic acids is 2. The molecule has 0 aromatic carbocycles. The molecule has 0 amide bonds. The van der Waals surface area contributed by atoms with Crippen LogP contribution < -0.4 is 0 Å². The average Bonchev–Trinajstić information content (AvgIpc) is 2.93. The Hall–Kier alpha value is -1.23. The molecule has 0 N–H and O–H groups in total.